The second-order valence-corrected chi connectivity index (χ2v) is 4.91. The molecule has 0 atom stereocenters. The van der Waals surface area contributed by atoms with Crippen LogP contribution in [0.15, 0.2) is 17.8 Å². The SMILES string of the molecule is CCn1cc(CC(=O)c2csc(CCN)n2)cn1. The normalized spacial score (nSPS) is 10.8. The molecule has 0 aliphatic heterocycles. The fraction of sp³-hybridized carbons (Fsp3) is 0.417. The molecule has 0 fully saturated rings. The lowest BCUT2D eigenvalue weighted by molar-refractivity contribution is 0.0988. The summed E-state index contributed by atoms with van der Waals surface area (Å²) in [7, 11) is 0. The number of nitrogens with zero attached hydrogens (tertiary/aromatic N) is 3. The molecule has 0 aromatic carbocycles. The van der Waals surface area contributed by atoms with Gasteiger partial charge in [-0.3, -0.25) is 9.48 Å². The molecule has 0 spiro atoms. The van der Waals surface area contributed by atoms with E-state index < -0.39 is 0 Å². The minimum Gasteiger partial charge on any atom is -0.330 e. The number of Topliss-reactive ketones (excluding diaryl/α,β-unsaturated/α-hetero) is 1. The largest absolute Gasteiger partial charge is 0.330 e. The molecule has 0 aliphatic rings. The average Bonchev–Trinajstić information content (AvgIpc) is 2.98. The molecule has 0 aliphatic carbocycles. The lowest BCUT2D eigenvalue weighted by atomic mass is 10.1. The standard InChI is InChI=1S/C12H16N4OS/c1-2-16-7-9(6-14-16)5-11(17)10-8-18-12(15-10)3-4-13/h6-8H,2-5,13H2,1H3. The van der Waals surface area contributed by atoms with Gasteiger partial charge in [0.15, 0.2) is 5.78 Å². The zero-order chi connectivity index (χ0) is 13.0. The van der Waals surface area contributed by atoms with Crippen molar-refractivity contribution in [3.63, 3.8) is 0 Å². The number of aromatic nitrogens is 3. The van der Waals surface area contributed by atoms with Gasteiger partial charge in [0, 0.05) is 31.0 Å². The van der Waals surface area contributed by atoms with E-state index in [0.717, 1.165) is 23.5 Å². The van der Waals surface area contributed by atoms with Crippen LogP contribution in [0.1, 0.15) is 28.0 Å². The highest BCUT2D eigenvalue weighted by molar-refractivity contribution is 7.09. The molecule has 2 heterocycles. The Hall–Kier alpha value is -1.53. The molecule has 0 saturated carbocycles. The van der Waals surface area contributed by atoms with Crippen LogP contribution < -0.4 is 5.73 Å². The fourth-order valence-electron chi connectivity index (χ4n) is 1.62. The molecule has 6 heteroatoms. The van der Waals surface area contributed by atoms with Crippen LogP contribution in [0.3, 0.4) is 0 Å². The summed E-state index contributed by atoms with van der Waals surface area (Å²) in [4.78, 5) is 16.3. The predicted octanol–water partition coefficient (Wildman–Crippen LogP) is 1.29. The first-order valence-corrected chi connectivity index (χ1v) is 6.80. The number of nitrogens with two attached hydrogens (primary N) is 1. The quantitative estimate of drug-likeness (QED) is 0.798. The van der Waals surface area contributed by atoms with Gasteiger partial charge in [-0.1, -0.05) is 0 Å². The number of ketones is 1. The minimum atomic E-state index is 0.0326. The molecule has 0 radical (unpaired) electrons. The lowest BCUT2D eigenvalue weighted by Crippen LogP contribution is -2.05. The monoisotopic (exact) mass is 264 g/mol. The van der Waals surface area contributed by atoms with Crippen LogP contribution in [-0.4, -0.2) is 27.1 Å². The van der Waals surface area contributed by atoms with Crippen molar-refractivity contribution in [1.82, 2.24) is 14.8 Å². The molecule has 2 rings (SSSR count). The third-order valence-corrected chi connectivity index (χ3v) is 3.48. The number of thiazole rings is 1. The predicted molar refractivity (Wildman–Crippen MR) is 70.8 cm³/mol. The average molecular weight is 264 g/mol. The van der Waals surface area contributed by atoms with E-state index >= 15 is 0 Å². The van der Waals surface area contributed by atoms with Gasteiger partial charge in [0.05, 0.1) is 11.2 Å². The van der Waals surface area contributed by atoms with Crippen LogP contribution in [0.4, 0.5) is 0 Å². The minimum absolute atomic E-state index is 0.0326. The van der Waals surface area contributed by atoms with Gasteiger partial charge < -0.3 is 5.73 Å². The van der Waals surface area contributed by atoms with Crippen molar-refractivity contribution >= 4 is 17.1 Å². The zero-order valence-electron chi connectivity index (χ0n) is 10.3. The van der Waals surface area contributed by atoms with Crippen molar-refractivity contribution in [2.45, 2.75) is 26.3 Å². The highest BCUT2D eigenvalue weighted by Crippen LogP contribution is 2.12. The molecule has 18 heavy (non-hydrogen) atoms. The first-order valence-electron chi connectivity index (χ1n) is 5.92. The summed E-state index contributed by atoms with van der Waals surface area (Å²) in [6.45, 7) is 3.38. The topological polar surface area (TPSA) is 73.8 Å². The summed E-state index contributed by atoms with van der Waals surface area (Å²) >= 11 is 1.49. The summed E-state index contributed by atoms with van der Waals surface area (Å²) < 4.78 is 1.81. The van der Waals surface area contributed by atoms with Gasteiger partial charge in [0.2, 0.25) is 0 Å². The van der Waals surface area contributed by atoms with Crippen molar-refractivity contribution in [1.29, 1.82) is 0 Å². The first-order chi connectivity index (χ1) is 8.72. The van der Waals surface area contributed by atoms with E-state index in [1.54, 1.807) is 11.6 Å². The van der Waals surface area contributed by atoms with Crippen molar-refractivity contribution in [3.8, 4) is 0 Å². The summed E-state index contributed by atoms with van der Waals surface area (Å²) in [6.07, 6.45) is 4.71. The Morgan fingerprint density at radius 3 is 3.06 bits per heavy atom. The molecule has 2 N–H and O–H groups in total. The fourth-order valence-corrected chi connectivity index (χ4v) is 2.44. The van der Waals surface area contributed by atoms with Crippen LogP contribution in [-0.2, 0) is 19.4 Å². The van der Waals surface area contributed by atoms with Crippen molar-refractivity contribution < 1.29 is 4.79 Å². The number of aryl methyl sites for hydroxylation is 1. The number of rotatable bonds is 6. The van der Waals surface area contributed by atoms with Crippen LogP contribution in [0.25, 0.3) is 0 Å². The van der Waals surface area contributed by atoms with E-state index in [-0.39, 0.29) is 5.78 Å². The summed E-state index contributed by atoms with van der Waals surface area (Å²) in [5, 5.41) is 6.87. The number of hydrogen-bond acceptors (Lipinski definition) is 5. The van der Waals surface area contributed by atoms with Crippen molar-refractivity contribution in [2.75, 3.05) is 6.54 Å². The molecule has 0 unspecified atom stereocenters. The van der Waals surface area contributed by atoms with E-state index in [0.29, 0.717) is 18.7 Å². The Labute approximate surface area is 110 Å². The number of hydrogen-bond donors (Lipinski definition) is 1. The highest BCUT2D eigenvalue weighted by Gasteiger charge is 2.12. The maximum atomic E-state index is 12.0. The van der Waals surface area contributed by atoms with Gasteiger partial charge in [-0.2, -0.15) is 5.10 Å². The zero-order valence-corrected chi connectivity index (χ0v) is 11.1. The number of carbonyl (C=O) groups excluding carboxylic acids is 1. The van der Waals surface area contributed by atoms with Crippen LogP contribution in [0.5, 0.6) is 0 Å². The van der Waals surface area contributed by atoms with E-state index in [1.807, 2.05) is 17.8 Å². The smallest absolute Gasteiger partial charge is 0.186 e. The second kappa shape index (κ2) is 5.88. The van der Waals surface area contributed by atoms with Crippen molar-refractivity contribution in [3.05, 3.63) is 34.0 Å². The molecular formula is C12H16N4OS. The molecule has 0 bridgehead atoms. The third kappa shape index (κ3) is 3.02. The second-order valence-electron chi connectivity index (χ2n) is 3.97. The van der Waals surface area contributed by atoms with Gasteiger partial charge in [0.1, 0.15) is 5.69 Å². The van der Waals surface area contributed by atoms with Gasteiger partial charge in [-0.15, -0.1) is 11.3 Å². The van der Waals surface area contributed by atoms with Gasteiger partial charge >= 0.3 is 0 Å². The molecular weight excluding hydrogens is 248 g/mol. The Morgan fingerprint density at radius 2 is 2.39 bits per heavy atom. The molecule has 2 aromatic rings. The Bertz CT molecular complexity index is 532. The summed E-state index contributed by atoms with van der Waals surface area (Å²) in [6, 6.07) is 0. The molecule has 0 amide bonds. The van der Waals surface area contributed by atoms with Crippen molar-refractivity contribution in [2.24, 2.45) is 5.73 Å². The molecule has 5 nitrogen and oxygen atoms in total. The van der Waals surface area contributed by atoms with E-state index in [1.165, 1.54) is 11.3 Å². The van der Waals surface area contributed by atoms with Crippen LogP contribution in [0, 0.1) is 0 Å². The maximum absolute atomic E-state index is 12.0. The van der Waals surface area contributed by atoms with Crippen LogP contribution in [0.2, 0.25) is 0 Å². The van der Waals surface area contributed by atoms with Gasteiger partial charge in [-0.05, 0) is 19.0 Å². The van der Waals surface area contributed by atoms with E-state index in [4.69, 9.17) is 5.73 Å². The molecule has 96 valence electrons. The van der Waals surface area contributed by atoms with Gasteiger partial charge in [-0.25, -0.2) is 4.98 Å². The summed E-state index contributed by atoms with van der Waals surface area (Å²) in [5.41, 5.74) is 6.92. The van der Waals surface area contributed by atoms with E-state index in [9.17, 15) is 4.79 Å². The molecule has 0 saturated heterocycles. The Kier molecular flexibility index (Phi) is 4.22. The highest BCUT2D eigenvalue weighted by atomic mass is 32.1. The van der Waals surface area contributed by atoms with Crippen LogP contribution >= 0.6 is 11.3 Å². The number of carbonyl (C=O) groups is 1. The lowest BCUT2D eigenvalue weighted by Gasteiger charge is -1.94. The molecule has 2 aromatic heterocycles. The summed E-state index contributed by atoms with van der Waals surface area (Å²) in [5.74, 6) is 0.0326. The maximum Gasteiger partial charge on any atom is 0.186 e. The van der Waals surface area contributed by atoms with Gasteiger partial charge in [0.25, 0.3) is 0 Å². The van der Waals surface area contributed by atoms with E-state index in [2.05, 4.69) is 10.1 Å². The third-order valence-electron chi connectivity index (χ3n) is 2.57. The first kappa shape index (κ1) is 12.9. The Balaban J connectivity index is 2.02. The Morgan fingerprint density at radius 1 is 1.56 bits per heavy atom.